The third-order valence-corrected chi connectivity index (χ3v) is 5.95. The van der Waals surface area contributed by atoms with Crippen molar-refractivity contribution in [2.75, 3.05) is 0 Å². The van der Waals surface area contributed by atoms with Crippen molar-refractivity contribution in [3.05, 3.63) is 107 Å². The summed E-state index contributed by atoms with van der Waals surface area (Å²) in [7, 11) is 0. The van der Waals surface area contributed by atoms with Gasteiger partial charge in [-0.3, -0.25) is 4.79 Å². The number of carboxylic acid groups (broad SMARTS) is 1. The Morgan fingerprint density at radius 2 is 1.59 bits per heavy atom. The van der Waals surface area contributed by atoms with Crippen LogP contribution >= 0.6 is 0 Å². The SMILES string of the molecule is CCC(C)n1nc(C(=O)Cc2ccccc2)nc1Cc1ccc(-c2ccccc2C(=O)O)cc1. The number of carbonyl (C=O) groups is 2. The predicted molar refractivity (Wildman–Crippen MR) is 131 cm³/mol. The van der Waals surface area contributed by atoms with Gasteiger partial charge in [-0.15, -0.1) is 5.10 Å². The lowest BCUT2D eigenvalue weighted by molar-refractivity contribution is 0.0697. The Kier molecular flexibility index (Phi) is 6.97. The van der Waals surface area contributed by atoms with Crippen LogP contribution in [0.15, 0.2) is 78.9 Å². The zero-order chi connectivity index (χ0) is 24.1. The van der Waals surface area contributed by atoms with E-state index in [0.29, 0.717) is 12.0 Å². The molecule has 0 saturated heterocycles. The molecule has 1 N–H and O–H groups in total. The standard InChI is InChI=1S/C28H27N3O3/c1-3-19(2)31-26(29-27(30-31)25(32)17-20-9-5-4-6-10-20)18-21-13-15-22(16-14-21)23-11-7-8-12-24(23)28(33)34/h4-16,19H,3,17-18H2,1-2H3,(H,33,34). The molecule has 34 heavy (non-hydrogen) atoms. The number of aromatic carboxylic acids is 1. The van der Waals surface area contributed by atoms with Crippen LogP contribution in [-0.4, -0.2) is 31.6 Å². The molecule has 172 valence electrons. The quantitative estimate of drug-likeness (QED) is 0.332. The van der Waals surface area contributed by atoms with Crippen molar-refractivity contribution in [3.8, 4) is 11.1 Å². The van der Waals surface area contributed by atoms with E-state index >= 15 is 0 Å². The second kappa shape index (κ2) is 10.3. The van der Waals surface area contributed by atoms with Crippen LogP contribution in [0.5, 0.6) is 0 Å². The van der Waals surface area contributed by atoms with E-state index in [1.807, 2.05) is 71.4 Å². The van der Waals surface area contributed by atoms with Gasteiger partial charge in [-0.25, -0.2) is 14.5 Å². The van der Waals surface area contributed by atoms with E-state index in [4.69, 9.17) is 0 Å². The lowest BCUT2D eigenvalue weighted by Gasteiger charge is -2.12. The summed E-state index contributed by atoms with van der Waals surface area (Å²) in [6.07, 6.45) is 1.66. The van der Waals surface area contributed by atoms with Gasteiger partial charge in [-0.2, -0.15) is 0 Å². The Morgan fingerprint density at radius 3 is 2.26 bits per heavy atom. The summed E-state index contributed by atoms with van der Waals surface area (Å²) < 4.78 is 1.85. The van der Waals surface area contributed by atoms with E-state index in [9.17, 15) is 14.7 Å². The Morgan fingerprint density at radius 1 is 0.912 bits per heavy atom. The van der Waals surface area contributed by atoms with Crippen LogP contribution in [0.25, 0.3) is 11.1 Å². The highest BCUT2D eigenvalue weighted by atomic mass is 16.4. The average Bonchev–Trinajstić information content (AvgIpc) is 3.28. The van der Waals surface area contributed by atoms with Crippen molar-refractivity contribution in [2.45, 2.75) is 39.2 Å². The number of carbonyl (C=O) groups excluding carboxylic acids is 1. The largest absolute Gasteiger partial charge is 0.478 e. The van der Waals surface area contributed by atoms with E-state index in [1.165, 1.54) is 0 Å². The smallest absolute Gasteiger partial charge is 0.336 e. The normalized spacial score (nSPS) is 11.8. The first-order valence-electron chi connectivity index (χ1n) is 11.4. The maximum absolute atomic E-state index is 12.8. The fraction of sp³-hybridized carbons (Fsp3) is 0.214. The van der Waals surface area contributed by atoms with Crippen LogP contribution in [0, 0.1) is 0 Å². The lowest BCUT2D eigenvalue weighted by Crippen LogP contribution is -2.11. The Hall–Kier alpha value is -4.06. The third-order valence-electron chi connectivity index (χ3n) is 5.95. The van der Waals surface area contributed by atoms with Gasteiger partial charge in [0.2, 0.25) is 11.6 Å². The van der Waals surface area contributed by atoms with Gasteiger partial charge in [0.1, 0.15) is 5.82 Å². The summed E-state index contributed by atoms with van der Waals surface area (Å²) >= 11 is 0. The minimum absolute atomic E-state index is 0.102. The van der Waals surface area contributed by atoms with Crippen molar-refractivity contribution in [1.82, 2.24) is 14.8 Å². The summed E-state index contributed by atoms with van der Waals surface area (Å²) in [5.74, 6) is -0.0697. The summed E-state index contributed by atoms with van der Waals surface area (Å²) in [6.45, 7) is 4.14. The Labute approximate surface area is 198 Å². The van der Waals surface area contributed by atoms with Gasteiger partial charge in [0, 0.05) is 12.8 Å². The fourth-order valence-corrected chi connectivity index (χ4v) is 3.89. The first kappa shape index (κ1) is 23.1. The maximum Gasteiger partial charge on any atom is 0.336 e. The number of Topliss-reactive ketones (excluding diaryl/α,β-unsaturated/α-hetero) is 1. The molecule has 0 amide bonds. The summed E-state index contributed by atoms with van der Waals surface area (Å²) in [4.78, 5) is 29.0. The third kappa shape index (κ3) is 5.12. The van der Waals surface area contributed by atoms with Crippen molar-refractivity contribution in [1.29, 1.82) is 0 Å². The van der Waals surface area contributed by atoms with Crippen molar-refractivity contribution in [3.63, 3.8) is 0 Å². The van der Waals surface area contributed by atoms with Gasteiger partial charge in [-0.1, -0.05) is 79.7 Å². The number of nitrogens with zero attached hydrogens (tertiary/aromatic N) is 3. The number of aromatic nitrogens is 3. The van der Waals surface area contributed by atoms with E-state index in [2.05, 4.69) is 23.9 Å². The topological polar surface area (TPSA) is 85.1 Å². The molecular weight excluding hydrogens is 426 g/mol. The molecule has 0 fully saturated rings. The number of benzene rings is 3. The summed E-state index contributed by atoms with van der Waals surface area (Å²) in [5, 5.41) is 14.0. The zero-order valence-electron chi connectivity index (χ0n) is 19.3. The first-order chi connectivity index (χ1) is 16.5. The van der Waals surface area contributed by atoms with Gasteiger partial charge in [0.15, 0.2) is 0 Å². The molecule has 0 aliphatic carbocycles. The van der Waals surface area contributed by atoms with Crippen LogP contribution in [0.4, 0.5) is 0 Å². The number of ketones is 1. The van der Waals surface area contributed by atoms with Crippen LogP contribution in [-0.2, 0) is 12.8 Å². The van der Waals surface area contributed by atoms with Gasteiger partial charge >= 0.3 is 5.97 Å². The monoisotopic (exact) mass is 453 g/mol. The van der Waals surface area contributed by atoms with Gasteiger partial charge in [0.25, 0.3) is 0 Å². The highest BCUT2D eigenvalue weighted by Gasteiger charge is 2.20. The molecule has 6 heteroatoms. The molecule has 0 saturated carbocycles. The van der Waals surface area contributed by atoms with Gasteiger partial charge in [-0.05, 0) is 41.7 Å². The van der Waals surface area contributed by atoms with Crippen LogP contribution in [0.3, 0.4) is 0 Å². The Bertz CT molecular complexity index is 1290. The molecule has 4 rings (SSSR count). The van der Waals surface area contributed by atoms with Crippen LogP contribution < -0.4 is 0 Å². The molecule has 0 aliphatic heterocycles. The molecule has 0 aliphatic rings. The van der Waals surface area contributed by atoms with E-state index in [-0.39, 0.29) is 29.6 Å². The van der Waals surface area contributed by atoms with E-state index in [1.54, 1.807) is 12.1 Å². The molecule has 1 heterocycles. The molecule has 1 atom stereocenters. The minimum Gasteiger partial charge on any atom is -0.478 e. The molecule has 6 nitrogen and oxygen atoms in total. The molecule has 4 aromatic rings. The highest BCUT2D eigenvalue weighted by Crippen LogP contribution is 2.25. The fourth-order valence-electron chi connectivity index (χ4n) is 3.89. The molecule has 0 radical (unpaired) electrons. The predicted octanol–water partition coefficient (Wildman–Crippen LogP) is 5.63. The van der Waals surface area contributed by atoms with E-state index < -0.39 is 5.97 Å². The highest BCUT2D eigenvalue weighted by molar-refractivity contribution is 5.96. The molecule has 0 bridgehead atoms. The van der Waals surface area contributed by atoms with Crippen LogP contribution in [0.2, 0.25) is 0 Å². The van der Waals surface area contributed by atoms with E-state index in [0.717, 1.165) is 28.9 Å². The summed E-state index contributed by atoms with van der Waals surface area (Å²) in [6, 6.07) is 24.5. The second-order valence-corrected chi connectivity index (χ2v) is 8.36. The second-order valence-electron chi connectivity index (χ2n) is 8.36. The minimum atomic E-state index is -0.950. The van der Waals surface area contributed by atoms with Crippen molar-refractivity contribution in [2.24, 2.45) is 0 Å². The summed E-state index contributed by atoms with van der Waals surface area (Å²) in [5.41, 5.74) is 3.73. The Balaban J connectivity index is 1.58. The molecule has 1 unspecified atom stereocenters. The van der Waals surface area contributed by atoms with Crippen molar-refractivity contribution < 1.29 is 14.7 Å². The number of carboxylic acids is 1. The lowest BCUT2D eigenvalue weighted by atomic mass is 9.98. The number of hydrogen-bond acceptors (Lipinski definition) is 4. The van der Waals surface area contributed by atoms with Crippen LogP contribution in [0.1, 0.15) is 64.2 Å². The maximum atomic E-state index is 12.8. The molecule has 1 aromatic heterocycles. The molecular formula is C28H27N3O3. The van der Waals surface area contributed by atoms with Gasteiger partial charge in [0.05, 0.1) is 11.6 Å². The van der Waals surface area contributed by atoms with Gasteiger partial charge < -0.3 is 5.11 Å². The average molecular weight is 454 g/mol. The van der Waals surface area contributed by atoms with Crippen molar-refractivity contribution >= 4 is 11.8 Å². The zero-order valence-corrected chi connectivity index (χ0v) is 19.3. The first-order valence-corrected chi connectivity index (χ1v) is 11.4. The number of rotatable bonds is 9. The molecule has 3 aromatic carbocycles. The molecule has 0 spiro atoms. The number of hydrogen-bond donors (Lipinski definition) is 1.